The van der Waals surface area contributed by atoms with Crippen molar-refractivity contribution in [2.75, 3.05) is 32.8 Å². The summed E-state index contributed by atoms with van der Waals surface area (Å²) in [6.07, 6.45) is 0. The molecule has 10 nitrogen and oxygen atoms in total. The van der Waals surface area contributed by atoms with E-state index in [1.165, 1.54) is 0 Å². The quantitative estimate of drug-likeness (QED) is 0.297. The van der Waals surface area contributed by atoms with Gasteiger partial charge in [0.1, 0.15) is 0 Å². The van der Waals surface area contributed by atoms with Gasteiger partial charge in [0.05, 0.1) is 31.1 Å². The Morgan fingerprint density at radius 3 is 1.18 bits per heavy atom. The number of carbonyl (C=O) groups excluding carboxylic acids is 3. The van der Waals surface area contributed by atoms with Crippen molar-refractivity contribution in [3.05, 3.63) is 0 Å². The summed E-state index contributed by atoms with van der Waals surface area (Å²) in [5.41, 5.74) is 0. The zero-order valence-electron chi connectivity index (χ0n) is 12.7. The first-order chi connectivity index (χ1) is 8.70. The number of carboxylic acids is 4. The van der Waals surface area contributed by atoms with Gasteiger partial charge >= 0.3 is 94.6 Å². The average molecular weight is 344 g/mol. The minimum atomic E-state index is -1.59. The standard InChI is InChI=1S/C9H14N2O8.3Na/c12-6(13)1-10(2-7(14)15)5-11(3-8(16)17)4-9(18)19;;;/h1-5H2,(H,12,13)(H,14,15)(H,16,17)(H,18,19);;;/q;3*+1/p-3. The second-order valence-electron chi connectivity index (χ2n) is 3.63. The maximum absolute atomic E-state index is 10.5. The maximum Gasteiger partial charge on any atom is 1.00 e. The Balaban J connectivity index is -0.000000540. The molecule has 0 atom stereocenters. The molecule has 0 unspecified atom stereocenters. The molecular formula is C9H11N2Na3O8. The van der Waals surface area contributed by atoms with E-state index in [0.29, 0.717) is 0 Å². The summed E-state index contributed by atoms with van der Waals surface area (Å²) < 4.78 is 0. The first-order valence-corrected chi connectivity index (χ1v) is 4.96. The van der Waals surface area contributed by atoms with E-state index in [2.05, 4.69) is 0 Å². The smallest absolute Gasteiger partial charge is 0.549 e. The number of hydrogen-bond donors (Lipinski definition) is 1. The monoisotopic (exact) mass is 344 g/mol. The van der Waals surface area contributed by atoms with Crippen LogP contribution in [0.2, 0.25) is 0 Å². The van der Waals surface area contributed by atoms with E-state index in [1.54, 1.807) is 0 Å². The molecule has 0 rings (SSSR count). The van der Waals surface area contributed by atoms with Gasteiger partial charge in [-0.25, -0.2) is 0 Å². The van der Waals surface area contributed by atoms with Gasteiger partial charge in [0, 0.05) is 19.6 Å². The van der Waals surface area contributed by atoms with Crippen molar-refractivity contribution in [3.8, 4) is 0 Å². The van der Waals surface area contributed by atoms with Gasteiger partial charge in [-0.15, -0.1) is 0 Å². The summed E-state index contributed by atoms with van der Waals surface area (Å²) in [6, 6.07) is 0. The first kappa shape index (κ1) is 30.7. The molecule has 0 radical (unpaired) electrons. The van der Waals surface area contributed by atoms with Crippen molar-refractivity contribution < 1.29 is 128 Å². The van der Waals surface area contributed by atoms with Crippen molar-refractivity contribution in [2.45, 2.75) is 0 Å². The fourth-order valence-electron chi connectivity index (χ4n) is 1.33. The van der Waals surface area contributed by atoms with E-state index in [9.17, 15) is 34.5 Å². The molecule has 1 N–H and O–H groups in total. The molecule has 0 saturated carbocycles. The number of nitrogens with zero attached hydrogens (tertiary/aromatic N) is 2. The Kier molecular flexibility index (Phi) is 23.2. The molecule has 0 bridgehead atoms. The predicted octanol–water partition coefficient (Wildman–Crippen LogP) is -15.1. The van der Waals surface area contributed by atoms with Crippen molar-refractivity contribution in [1.29, 1.82) is 0 Å². The van der Waals surface area contributed by atoms with Crippen LogP contribution in [0.3, 0.4) is 0 Å². The van der Waals surface area contributed by atoms with Gasteiger partial charge in [-0.2, -0.15) is 0 Å². The zero-order chi connectivity index (χ0) is 15.0. The third-order valence-electron chi connectivity index (χ3n) is 1.82. The maximum atomic E-state index is 10.5. The fraction of sp³-hybridized carbons (Fsp3) is 0.556. The summed E-state index contributed by atoms with van der Waals surface area (Å²) in [5.74, 6) is -6.12. The van der Waals surface area contributed by atoms with E-state index in [0.717, 1.165) is 9.80 Å². The van der Waals surface area contributed by atoms with E-state index < -0.39 is 56.7 Å². The Bertz CT molecular complexity index is 316. The van der Waals surface area contributed by atoms with Gasteiger partial charge < -0.3 is 34.8 Å². The molecule has 0 saturated heterocycles. The fourth-order valence-corrected chi connectivity index (χ4v) is 1.33. The summed E-state index contributed by atoms with van der Waals surface area (Å²) >= 11 is 0. The van der Waals surface area contributed by atoms with Crippen LogP contribution in [0.5, 0.6) is 0 Å². The molecule has 0 aromatic carbocycles. The molecule has 0 aliphatic heterocycles. The summed E-state index contributed by atoms with van der Waals surface area (Å²) in [4.78, 5) is 43.2. The van der Waals surface area contributed by atoms with Crippen LogP contribution in [-0.4, -0.2) is 71.6 Å². The minimum Gasteiger partial charge on any atom is -0.549 e. The van der Waals surface area contributed by atoms with Gasteiger partial charge in [0.2, 0.25) is 0 Å². The third-order valence-corrected chi connectivity index (χ3v) is 1.82. The molecular weight excluding hydrogens is 333 g/mol. The van der Waals surface area contributed by atoms with Crippen LogP contribution in [0.25, 0.3) is 0 Å². The van der Waals surface area contributed by atoms with Crippen molar-refractivity contribution in [3.63, 3.8) is 0 Å². The molecule has 0 spiro atoms. The van der Waals surface area contributed by atoms with Gasteiger partial charge in [0.25, 0.3) is 0 Å². The number of aliphatic carboxylic acids is 4. The number of rotatable bonds is 10. The molecule has 22 heavy (non-hydrogen) atoms. The number of carbonyl (C=O) groups is 4. The van der Waals surface area contributed by atoms with Crippen LogP contribution >= 0.6 is 0 Å². The second kappa shape index (κ2) is 16.7. The van der Waals surface area contributed by atoms with Crippen LogP contribution in [0, 0.1) is 0 Å². The zero-order valence-corrected chi connectivity index (χ0v) is 18.7. The molecule has 0 fully saturated rings. The van der Waals surface area contributed by atoms with E-state index in [4.69, 9.17) is 5.11 Å². The molecule has 0 aromatic rings. The summed E-state index contributed by atoms with van der Waals surface area (Å²) in [7, 11) is 0. The Hall–Kier alpha value is 0.800. The largest absolute Gasteiger partial charge is 1.00 e. The minimum absolute atomic E-state index is 0. The van der Waals surface area contributed by atoms with Crippen LogP contribution in [-0.2, 0) is 19.2 Å². The van der Waals surface area contributed by atoms with Crippen LogP contribution in [0.4, 0.5) is 0 Å². The van der Waals surface area contributed by atoms with Crippen LogP contribution in [0.1, 0.15) is 0 Å². The third kappa shape index (κ3) is 18.8. The van der Waals surface area contributed by atoms with Crippen molar-refractivity contribution in [2.24, 2.45) is 0 Å². The van der Waals surface area contributed by atoms with Gasteiger partial charge in [-0.05, 0) is 0 Å². The predicted molar refractivity (Wildman–Crippen MR) is 50.7 cm³/mol. The van der Waals surface area contributed by atoms with E-state index >= 15 is 0 Å². The van der Waals surface area contributed by atoms with Crippen molar-refractivity contribution >= 4 is 23.9 Å². The summed E-state index contributed by atoms with van der Waals surface area (Å²) in [6.45, 7) is -3.63. The molecule has 0 aromatic heterocycles. The van der Waals surface area contributed by atoms with Crippen LogP contribution in [0.15, 0.2) is 0 Å². The Morgan fingerprint density at radius 2 is 0.955 bits per heavy atom. The van der Waals surface area contributed by atoms with Gasteiger partial charge in [-0.3, -0.25) is 14.6 Å². The summed E-state index contributed by atoms with van der Waals surface area (Å²) in [5, 5.41) is 39.7. The molecule has 0 heterocycles. The number of carboxylic acid groups (broad SMARTS) is 4. The molecule has 0 aliphatic rings. The van der Waals surface area contributed by atoms with E-state index in [-0.39, 0.29) is 88.7 Å². The van der Waals surface area contributed by atoms with Gasteiger partial charge in [-0.1, -0.05) is 0 Å². The van der Waals surface area contributed by atoms with Crippen molar-refractivity contribution in [1.82, 2.24) is 9.80 Å². The molecule has 0 aliphatic carbocycles. The topological polar surface area (TPSA) is 164 Å². The second-order valence-corrected chi connectivity index (χ2v) is 3.63. The Labute approximate surface area is 192 Å². The normalized spacial score (nSPS) is 9.18. The Morgan fingerprint density at radius 1 is 0.682 bits per heavy atom. The van der Waals surface area contributed by atoms with E-state index in [1.807, 2.05) is 0 Å². The molecule has 108 valence electrons. The van der Waals surface area contributed by atoms with Crippen LogP contribution < -0.4 is 104 Å². The number of hydrogen-bond acceptors (Lipinski definition) is 9. The molecule has 13 heteroatoms. The SMILES string of the molecule is O=C([O-])CN(CC(=O)[O-])CN(CC(=O)[O-])CC(=O)O.[Na+].[Na+].[Na+]. The molecule has 0 amide bonds. The van der Waals surface area contributed by atoms with Gasteiger partial charge in [0.15, 0.2) is 0 Å². The first-order valence-electron chi connectivity index (χ1n) is 4.96. The average Bonchev–Trinajstić information content (AvgIpc) is 2.11.